The van der Waals surface area contributed by atoms with E-state index in [1.807, 2.05) is 6.07 Å². The van der Waals surface area contributed by atoms with Crippen molar-refractivity contribution in [1.29, 1.82) is 0 Å². The molecule has 2 aliphatic carbocycles. The summed E-state index contributed by atoms with van der Waals surface area (Å²) in [6, 6.07) is 4.89. The van der Waals surface area contributed by atoms with Gasteiger partial charge in [0.05, 0.1) is 0 Å². The molecular formula is C19H29NO. The van der Waals surface area contributed by atoms with Gasteiger partial charge >= 0.3 is 0 Å². The van der Waals surface area contributed by atoms with Crippen molar-refractivity contribution in [2.24, 2.45) is 5.92 Å². The summed E-state index contributed by atoms with van der Waals surface area (Å²) >= 11 is 0. The Balaban J connectivity index is 1.78. The SMILES string of the molecule is Cc1ccc(O)c2c1C(C)CC2NC1CCCC(C)CC1. The minimum Gasteiger partial charge on any atom is -0.508 e. The second-order valence-electron chi connectivity index (χ2n) is 7.40. The van der Waals surface area contributed by atoms with Crippen LogP contribution in [-0.4, -0.2) is 11.1 Å². The minimum absolute atomic E-state index is 0.341. The maximum atomic E-state index is 10.3. The smallest absolute Gasteiger partial charge is 0.120 e. The molecule has 0 bridgehead atoms. The van der Waals surface area contributed by atoms with Crippen LogP contribution in [0.15, 0.2) is 12.1 Å². The van der Waals surface area contributed by atoms with Gasteiger partial charge in [0, 0.05) is 17.6 Å². The molecule has 0 radical (unpaired) electrons. The Morgan fingerprint density at radius 1 is 1.05 bits per heavy atom. The highest BCUT2D eigenvalue weighted by atomic mass is 16.3. The molecule has 1 fully saturated rings. The number of hydrogen-bond acceptors (Lipinski definition) is 2. The van der Waals surface area contributed by atoms with Gasteiger partial charge in [-0.05, 0) is 61.6 Å². The number of nitrogens with one attached hydrogen (secondary N) is 1. The molecule has 3 rings (SSSR count). The topological polar surface area (TPSA) is 32.3 Å². The van der Waals surface area contributed by atoms with Gasteiger partial charge in [0.25, 0.3) is 0 Å². The van der Waals surface area contributed by atoms with Crippen LogP contribution >= 0.6 is 0 Å². The molecule has 0 saturated heterocycles. The van der Waals surface area contributed by atoms with Gasteiger partial charge in [0.1, 0.15) is 5.75 Å². The molecule has 0 amide bonds. The van der Waals surface area contributed by atoms with Gasteiger partial charge in [0.2, 0.25) is 0 Å². The fourth-order valence-corrected chi connectivity index (χ4v) is 4.43. The Morgan fingerprint density at radius 2 is 1.86 bits per heavy atom. The Kier molecular flexibility index (Phi) is 4.26. The first kappa shape index (κ1) is 14.9. The zero-order valence-electron chi connectivity index (χ0n) is 13.7. The number of aryl methyl sites for hydroxylation is 1. The van der Waals surface area contributed by atoms with Crippen LogP contribution in [0.1, 0.15) is 81.0 Å². The molecule has 1 aromatic carbocycles. The quantitative estimate of drug-likeness (QED) is 0.765. The molecule has 0 spiro atoms. The van der Waals surface area contributed by atoms with E-state index < -0.39 is 0 Å². The summed E-state index contributed by atoms with van der Waals surface area (Å²) in [6.07, 6.45) is 7.76. The molecule has 1 aromatic rings. The largest absolute Gasteiger partial charge is 0.508 e. The summed E-state index contributed by atoms with van der Waals surface area (Å²) in [4.78, 5) is 0. The molecule has 0 heterocycles. The van der Waals surface area contributed by atoms with Crippen molar-refractivity contribution in [3.63, 3.8) is 0 Å². The van der Waals surface area contributed by atoms with Crippen molar-refractivity contribution in [3.05, 3.63) is 28.8 Å². The molecule has 116 valence electrons. The third-order valence-corrected chi connectivity index (χ3v) is 5.61. The standard InChI is InChI=1S/C19H29NO/c1-12-5-4-6-15(9-7-12)20-16-11-14(3)18-13(2)8-10-17(21)19(16)18/h8,10,12,14-16,20-21H,4-7,9,11H2,1-3H3. The summed E-state index contributed by atoms with van der Waals surface area (Å²) in [5.41, 5.74) is 3.89. The lowest BCUT2D eigenvalue weighted by Crippen LogP contribution is -2.31. The van der Waals surface area contributed by atoms with E-state index >= 15 is 0 Å². The number of hydrogen-bond donors (Lipinski definition) is 2. The highest BCUT2D eigenvalue weighted by Gasteiger charge is 2.33. The van der Waals surface area contributed by atoms with Crippen LogP contribution in [0, 0.1) is 12.8 Å². The third-order valence-electron chi connectivity index (χ3n) is 5.61. The Bertz CT molecular complexity index is 511. The number of rotatable bonds is 2. The third kappa shape index (κ3) is 2.96. The first-order valence-corrected chi connectivity index (χ1v) is 8.64. The monoisotopic (exact) mass is 287 g/mol. The lowest BCUT2D eigenvalue weighted by atomic mass is 9.97. The number of phenolic OH excluding ortho intramolecular Hbond substituents is 1. The number of benzene rings is 1. The van der Waals surface area contributed by atoms with Crippen LogP contribution in [0.3, 0.4) is 0 Å². The van der Waals surface area contributed by atoms with E-state index in [0.29, 0.717) is 23.8 Å². The highest BCUT2D eigenvalue weighted by Crippen LogP contribution is 2.46. The molecule has 2 aliphatic rings. The van der Waals surface area contributed by atoms with E-state index in [4.69, 9.17) is 0 Å². The Labute approximate surface area is 129 Å². The second kappa shape index (κ2) is 6.00. The molecule has 2 N–H and O–H groups in total. The fourth-order valence-electron chi connectivity index (χ4n) is 4.43. The van der Waals surface area contributed by atoms with Crippen LogP contribution < -0.4 is 5.32 Å². The van der Waals surface area contributed by atoms with Crippen molar-refractivity contribution in [2.45, 2.75) is 77.3 Å². The molecule has 2 nitrogen and oxygen atoms in total. The second-order valence-corrected chi connectivity index (χ2v) is 7.40. The molecule has 0 aliphatic heterocycles. The Morgan fingerprint density at radius 3 is 2.67 bits per heavy atom. The van der Waals surface area contributed by atoms with Crippen molar-refractivity contribution >= 4 is 0 Å². The molecule has 4 atom stereocenters. The van der Waals surface area contributed by atoms with Crippen LogP contribution in [-0.2, 0) is 0 Å². The molecule has 0 aromatic heterocycles. The zero-order chi connectivity index (χ0) is 15.0. The van der Waals surface area contributed by atoms with E-state index in [0.717, 1.165) is 12.3 Å². The fraction of sp³-hybridized carbons (Fsp3) is 0.684. The highest BCUT2D eigenvalue weighted by molar-refractivity contribution is 5.50. The predicted octanol–water partition coefficient (Wildman–Crippen LogP) is 4.81. The molecule has 21 heavy (non-hydrogen) atoms. The zero-order valence-corrected chi connectivity index (χ0v) is 13.7. The first-order valence-electron chi connectivity index (χ1n) is 8.64. The van der Waals surface area contributed by atoms with Gasteiger partial charge in [-0.3, -0.25) is 0 Å². The summed E-state index contributed by atoms with van der Waals surface area (Å²) in [5, 5.41) is 14.2. The lowest BCUT2D eigenvalue weighted by Gasteiger charge is -2.23. The van der Waals surface area contributed by atoms with Crippen LogP contribution in [0.4, 0.5) is 0 Å². The van der Waals surface area contributed by atoms with Gasteiger partial charge < -0.3 is 10.4 Å². The maximum Gasteiger partial charge on any atom is 0.120 e. The number of aromatic hydroxyl groups is 1. The number of phenols is 1. The average Bonchev–Trinajstić information content (AvgIpc) is 2.63. The summed E-state index contributed by atoms with van der Waals surface area (Å²) < 4.78 is 0. The van der Waals surface area contributed by atoms with E-state index in [1.165, 1.54) is 48.8 Å². The minimum atomic E-state index is 0.341. The molecule has 2 heteroatoms. The van der Waals surface area contributed by atoms with Crippen molar-refractivity contribution in [2.75, 3.05) is 0 Å². The van der Waals surface area contributed by atoms with E-state index in [-0.39, 0.29) is 0 Å². The van der Waals surface area contributed by atoms with Crippen LogP contribution in [0.5, 0.6) is 5.75 Å². The normalized spacial score (nSPS) is 32.7. The van der Waals surface area contributed by atoms with Crippen LogP contribution in [0.2, 0.25) is 0 Å². The molecule has 4 unspecified atom stereocenters. The van der Waals surface area contributed by atoms with Gasteiger partial charge in [-0.2, -0.15) is 0 Å². The maximum absolute atomic E-state index is 10.3. The lowest BCUT2D eigenvalue weighted by molar-refractivity contribution is 0.376. The summed E-state index contributed by atoms with van der Waals surface area (Å²) in [6.45, 7) is 6.84. The molecule has 1 saturated carbocycles. The summed E-state index contributed by atoms with van der Waals surface area (Å²) in [5.74, 6) is 1.91. The van der Waals surface area contributed by atoms with Crippen molar-refractivity contribution in [3.8, 4) is 5.75 Å². The first-order chi connectivity index (χ1) is 10.1. The van der Waals surface area contributed by atoms with Gasteiger partial charge in [-0.15, -0.1) is 0 Å². The van der Waals surface area contributed by atoms with Gasteiger partial charge in [0.15, 0.2) is 0 Å². The van der Waals surface area contributed by atoms with E-state index in [9.17, 15) is 5.11 Å². The van der Waals surface area contributed by atoms with Crippen LogP contribution in [0.25, 0.3) is 0 Å². The molecular weight excluding hydrogens is 258 g/mol. The summed E-state index contributed by atoms with van der Waals surface area (Å²) in [7, 11) is 0. The van der Waals surface area contributed by atoms with E-state index in [1.54, 1.807) is 0 Å². The predicted molar refractivity (Wildman–Crippen MR) is 87.8 cm³/mol. The average molecular weight is 287 g/mol. The number of fused-ring (bicyclic) bond motifs is 1. The van der Waals surface area contributed by atoms with Crippen molar-refractivity contribution in [1.82, 2.24) is 5.32 Å². The van der Waals surface area contributed by atoms with E-state index in [2.05, 4.69) is 32.2 Å². The van der Waals surface area contributed by atoms with Gasteiger partial charge in [-0.1, -0.05) is 32.8 Å². The van der Waals surface area contributed by atoms with Crippen molar-refractivity contribution < 1.29 is 5.11 Å². The van der Waals surface area contributed by atoms with Gasteiger partial charge in [-0.25, -0.2) is 0 Å². The Hall–Kier alpha value is -1.02.